The number of carbonyl (C=O) groups is 3. The van der Waals surface area contributed by atoms with Crippen molar-refractivity contribution in [3.05, 3.63) is 41.1 Å². The van der Waals surface area contributed by atoms with Crippen molar-refractivity contribution in [2.45, 2.75) is 58.8 Å². The third kappa shape index (κ3) is 4.63. The first-order chi connectivity index (χ1) is 13.9. The van der Waals surface area contributed by atoms with Crippen molar-refractivity contribution in [2.24, 2.45) is 10.9 Å². The fourth-order valence-corrected chi connectivity index (χ4v) is 3.99. The zero-order valence-electron chi connectivity index (χ0n) is 17.2. The minimum absolute atomic E-state index is 0.0444. The third-order valence-corrected chi connectivity index (χ3v) is 5.33. The number of nitrogens with zero attached hydrogens (tertiary/aromatic N) is 1. The monoisotopic (exact) mass is 397 g/mol. The summed E-state index contributed by atoms with van der Waals surface area (Å²) in [7, 11) is 0. The van der Waals surface area contributed by atoms with E-state index < -0.39 is 17.8 Å². The Morgan fingerprint density at radius 1 is 1.17 bits per heavy atom. The Morgan fingerprint density at radius 3 is 2.55 bits per heavy atom. The molecule has 1 aliphatic heterocycles. The smallest absolute Gasteiger partial charge is 0.315 e. The molecule has 3 rings (SSSR count). The van der Waals surface area contributed by atoms with Crippen LogP contribution in [0, 0.1) is 5.92 Å². The first-order valence-corrected chi connectivity index (χ1v) is 10.2. The van der Waals surface area contributed by atoms with E-state index in [1.165, 1.54) is 6.92 Å². The summed E-state index contributed by atoms with van der Waals surface area (Å²) in [5, 5.41) is 0. The molecule has 0 saturated heterocycles. The molecule has 154 valence electrons. The second kappa shape index (κ2) is 9.16. The van der Waals surface area contributed by atoms with E-state index in [2.05, 4.69) is 4.99 Å². The summed E-state index contributed by atoms with van der Waals surface area (Å²) in [5.41, 5.74) is 2.90. The Kier molecular flexibility index (Phi) is 6.62. The molecule has 0 N–H and O–H groups in total. The summed E-state index contributed by atoms with van der Waals surface area (Å²) in [5.74, 6) is -1.35. The van der Waals surface area contributed by atoms with E-state index in [4.69, 9.17) is 9.47 Å². The predicted molar refractivity (Wildman–Crippen MR) is 109 cm³/mol. The Morgan fingerprint density at radius 2 is 1.90 bits per heavy atom. The Labute approximate surface area is 171 Å². The van der Waals surface area contributed by atoms with Crippen molar-refractivity contribution in [3.8, 4) is 5.75 Å². The second-order valence-electron chi connectivity index (χ2n) is 7.53. The van der Waals surface area contributed by atoms with Crippen molar-refractivity contribution in [3.63, 3.8) is 0 Å². The number of Topliss-reactive ketones (excluding diaryl/α,β-unsaturated/α-hetero) is 1. The molecule has 0 aromatic heterocycles. The van der Waals surface area contributed by atoms with Crippen LogP contribution in [0.15, 0.2) is 40.5 Å². The number of carbonyl (C=O) groups excluding carboxylic acids is 3. The highest BCUT2D eigenvalue weighted by Crippen LogP contribution is 2.43. The Bertz CT molecular complexity index is 866. The quantitative estimate of drug-likeness (QED) is 0.409. The molecule has 0 bridgehead atoms. The Balaban J connectivity index is 1.99. The normalized spacial score (nSPS) is 21.3. The van der Waals surface area contributed by atoms with Crippen LogP contribution in [-0.4, -0.2) is 30.0 Å². The summed E-state index contributed by atoms with van der Waals surface area (Å²) >= 11 is 0. The van der Waals surface area contributed by atoms with E-state index >= 15 is 0 Å². The summed E-state index contributed by atoms with van der Waals surface area (Å²) in [6.07, 6.45) is 3.70. The average Bonchev–Trinajstić information content (AvgIpc) is 2.67. The number of esters is 2. The molecule has 1 aliphatic carbocycles. The number of benzene rings is 1. The molecule has 6 heteroatoms. The van der Waals surface area contributed by atoms with E-state index in [1.54, 1.807) is 24.3 Å². The molecule has 2 atom stereocenters. The lowest BCUT2D eigenvalue weighted by atomic mass is 9.72. The molecule has 1 heterocycles. The molecule has 1 aromatic rings. The summed E-state index contributed by atoms with van der Waals surface area (Å²) in [6, 6.07) is 6.98. The molecule has 29 heavy (non-hydrogen) atoms. The maximum absolute atomic E-state index is 13.0. The van der Waals surface area contributed by atoms with Crippen LogP contribution in [0.5, 0.6) is 5.75 Å². The molecule has 1 unspecified atom stereocenters. The fourth-order valence-electron chi connectivity index (χ4n) is 3.99. The summed E-state index contributed by atoms with van der Waals surface area (Å²) in [4.78, 5) is 41.6. The van der Waals surface area contributed by atoms with Crippen LogP contribution in [0.3, 0.4) is 0 Å². The zero-order valence-corrected chi connectivity index (χ0v) is 17.2. The highest BCUT2D eigenvalue weighted by Gasteiger charge is 2.43. The van der Waals surface area contributed by atoms with Crippen LogP contribution in [0.25, 0.3) is 0 Å². The number of ketones is 1. The minimum Gasteiger partial charge on any atom is -0.465 e. The standard InChI is InChI=1S/C23H27NO5/c1-4-5-13-28-23(27)20-14(2)24-18-7-6-8-19(26)22(18)21(20)16-9-11-17(12-10-16)29-15(3)25/h9-12,20-21H,4-8,13H2,1-3H3/t20?,21-/m0/s1. The fraction of sp³-hybridized carbons (Fsp3) is 0.478. The first kappa shape index (κ1) is 21.0. The number of rotatable bonds is 6. The van der Waals surface area contributed by atoms with Gasteiger partial charge in [-0.2, -0.15) is 0 Å². The van der Waals surface area contributed by atoms with Gasteiger partial charge in [-0.15, -0.1) is 0 Å². The maximum atomic E-state index is 13.0. The van der Waals surface area contributed by atoms with E-state index in [0.29, 0.717) is 30.1 Å². The number of aliphatic imine (C=N–C) groups is 1. The van der Waals surface area contributed by atoms with Gasteiger partial charge < -0.3 is 9.47 Å². The summed E-state index contributed by atoms with van der Waals surface area (Å²) in [6.45, 7) is 5.56. The van der Waals surface area contributed by atoms with Crippen molar-refractivity contribution in [1.29, 1.82) is 0 Å². The number of unbranched alkanes of at least 4 members (excludes halogenated alkanes) is 1. The highest BCUT2D eigenvalue weighted by molar-refractivity contribution is 6.08. The molecule has 2 aliphatic rings. The molecule has 0 spiro atoms. The van der Waals surface area contributed by atoms with Gasteiger partial charge in [0.15, 0.2) is 5.78 Å². The van der Waals surface area contributed by atoms with E-state index in [-0.39, 0.29) is 11.8 Å². The number of ether oxygens (including phenoxy) is 2. The molecule has 6 nitrogen and oxygen atoms in total. The molecular weight excluding hydrogens is 370 g/mol. The van der Waals surface area contributed by atoms with E-state index in [9.17, 15) is 14.4 Å². The van der Waals surface area contributed by atoms with Gasteiger partial charge in [-0.3, -0.25) is 19.4 Å². The van der Waals surface area contributed by atoms with Crippen LogP contribution in [-0.2, 0) is 19.1 Å². The molecule has 1 aromatic carbocycles. The molecular formula is C23H27NO5. The molecule has 0 radical (unpaired) electrons. The van der Waals surface area contributed by atoms with Crippen LogP contribution in [0.4, 0.5) is 0 Å². The van der Waals surface area contributed by atoms with Crippen LogP contribution in [0.2, 0.25) is 0 Å². The summed E-state index contributed by atoms with van der Waals surface area (Å²) < 4.78 is 10.6. The van der Waals surface area contributed by atoms with Gasteiger partial charge in [0.05, 0.1) is 6.61 Å². The SMILES string of the molecule is CCCCOC(=O)C1C(C)=NC2=C(C(=O)CCC2)[C@H]1c1ccc(OC(C)=O)cc1. The molecule has 0 fully saturated rings. The third-order valence-electron chi connectivity index (χ3n) is 5.33. The lowest BCUT2D eigenvalue weighted by Crippen LogP contribution is -2.37. The van der Waals surface area contributed by atoms with Crippen LogP contribution >= 0.6 is 0 Å². The minimum atomic E-state index is -0.632. The molecule has 0 amide bonds. The van der Waals surface area contributed by atoms with Crippen LogP contribution < -0.4 is 4.74 Å². The predicted octanol–water partition coefficient (Wildman–Crippen LogP) is 4.14. The molecule has 0 saturated carbocycles. The van der Waals surface area contributed by atoms with E-state index in [1.807, 2.05) is 13.8 Å². The Hall–Kier alpha value is -2.76. The largest absolute Gasteiger partial charge is 0.465 e. The lowest BCUT2D eigenvalue weighted by molar-refractivity contribution is -0.146. The van der Waals surface area contributed by atoms with Gasteiger partial charge in [-0.05, 0) is 43.9 Å². The number of hydrogen-bond acceptors (Lipinski definition) is 6. The van der Waals surface area contributed by atoms with Gasteiger partial charge in [0.2, 0.25) is 0 Å². The number of allylic oxidation sites excluding steroid dienone is 2. The number of hydrogen-bond donors (Lipinski definition) is 0. The second-order valence-corrected chi connectivity index (χ2v) is 7.53. The van der Waals surface area contributed by atoms with Gasteiger partial charge in [0.1, 0.15) is 11.7 Å². The van der Waals surface area contributed by atoms with Gasteiger partial charge in [-0.1, -0.05) is 25.5 Å². The van der Waals surface area contributed by atoms with Gasteiger partial charge in [0.25, 0.3) is 0 Å². The van der Waals surface area contributed by atoms with E-state index in [0.717, 1.165) is 36.9 Å². The van der Waals surface area contributed by atoms with Gasteiger partial charge in [-0.25, -0.2) is 0 Å². The average molecular weight is 397 g/mol. The van der Waals surface area contributed by atoms with Crippen molar-refractivity contribution in [1.82, 2.24) is 0 Å². The first-order valence-electron chi connectivity index (χ1n) is 10.2. The maximum Gasteiger partial charge on any atom is 0.315 e. The van der Waals surface area contributed by atoms with Gasteiger partial charge in [0, 0.05) is 36.2 Å². The van der Waals surface area contributed by atoms with Crippen LogP contribution in [0.1, 0.15) is 64.4 Å². The topological polar surface area (TPSA) is 82.0 Å². The zero-order chi connectivity index (χ0) is 21.0. The van der Waals surface area contributed by atoms with Gasteiger partial charge >= 0.3 is 11.9 Å². The van der Waals surface area contributed by atoms with Crippen molar-refractivity contribution in [2.75, 3.05) is 6.61 Å². The highest BCUT2D eigenvalue weighted by atomic mass is 16.5. The van der Waals surface area contributed by atoms with Crippen molar-refractivity contribution >= 4 is 23.4 Å². The van der Waals surface area contributed by atoms with Crippen molar-refractivity contribution < 1.29 is 23.9 Å². The lowest BCUT2D eigenvalue weighted by Gasteiger charge is -2.34.